The highest BCUT2D eigenvalue weighted by Crippen LogP contribution is 2.44. The standard InChI is InChI=1S/C23H27FN2O4.C11H17N/c1-25(2)8-10-28-19-5-3-16(4-6-19)21-12-18(14-26(21)7-9-27)17-11-20(24)23-22(13-17)29-15-30-23;1-4-9-7-6-8-10(5-2)11(9)12-3/h3-6,9,11,13,18,21H,7-8,10,12,14-15H2,1-2H3;6-8,12H,4-5H2,1-3H3/t18-,21-;/m1./s1. The molecule has 0 radical (unpaired) electrons. The van der Waals surface area contributed by atoms with Crippen LogP contribution < -0.4 is 19.5 Å². The van der Waals surface area contributed by atoms with Gasteiger partial charge in [0, 0.05) is 31.9 Å². The molecule has 0 unspecified atom stereocenters. The highest BCUT2D eigenvalue weighted by atomic mass is 19.1. The molecule has 2 aliphatic rings. The number of fused-ring (bicyclic) bond motifs is 1. The average molecular weight is 578 g/mol. The molecule has 5 rings (SSSR count). The Hall–Kier alpha value is -3.62. The second-order valence-corrected chi connectivity index (χ2v) is 10.9. The predicted molar refractivity (Wildman–Crippen MR) is 165 cm³/mol. The van der Waals surface area contributed by atoms with Crippen LogP contribution in [0.5, 0.6) is 17.2 Å². The third kappa shape index (κ3) is 7.61. The van der Waals surface area contributed by atoms with Crippen molar-refractivity contribution in [1.29, 1.82) is 0 Å². The molecule has 0 bridgehead atoms. The van der Waals surface area contributed by atoms with Crippen molar-refractivity contribution in [2.24, 2.45) is 0 Å². The number of rotatable bonds is 11. The maximum absolute atomic E-state index is 14.4. The lowest BCUT2D eigenvalue weighted by molar-refractivity contribution is -0.109. The van der Waals surface area contributed by atoms with Crippen LogP contribution in [0.1, 0.15) is 54.5 Å². The van der Waals surface area contributed by atoms with E-state index in [-0.39, 0.29) is 24.5 Å². The monoisotopic (exact) mass is 577 g/mol. The fourth-order valence-electron chi connectivity index (χ4n) is 5.71. The number of nitrogens with one attached hydrogen (secondary N) is 1. The summed E-state index contributed by atoms with van der Waals surface area (Å²) < 4.78 is 30.7. The molecule has 2 atom stereocenters. The summed E-state index contributed by atoms with van der Waals surface area (Å²) >= 11 is 0. The number of likely N-dealkylation sites (N-methyl/N-ethyl adjacent to an activating group) is 1. The van der Waals surface area contributed by atoms with Gasteiger partial charge in [0.2, 0.25) is 12.5 Å². The first-order chi connectivity index (χ1) is 20.4. The van der Waals surface area contributed by atoms with Gasteiger partial charge in [0.1, 0.15) is 18.6 Å². The van der Waals surface area contributed by atoms with Crippen molar-refractivity contribution < 1.29 is 23.4 Å². The van der Waals surface area contributed by atoms with Crippen LogP contribution in [-0.4, -0.2) is 70.3 Å². The third-order valence-corrected chi connectivity index (χ3v) is 7.95. The van der Waals surface area contributed by atoms with Gasteiger partial charge in [0.05, 0.1) is 6.54 Å². The Balaban J connectivity index is 0.000000283. The second kappa shape index (κ2) is 15.0. The van der Waals surface area contributed by atoms with Gasteiger partial charge in [0.25, 0.3) is 0 Å². The molecule has 3 aromatic carbocycles. The van der Waals surface area contributed by atoms with Crippen LogP contribution in [0.2, 0.25) is 0 Å². The van der Waals surface area contributed by atoms with Gasteiger partial charge in [-0.1, -0.05) is 44.2 Å². The quantitative estimate of drug-likeness (QED) is 0.277. The molecule has 226 valence electrons. The maximum Gasteiger partial charge on any atom is 0.231 e. The summed E-state index contributed by atoms with van der Waals surface area (Å²) in [6.45, 7) is 6.93. The van der Waals surface area contributed by atoms with Crippen LogP contribution in [0.25, 0.3) is 0 Å². The molecule has 42 heavy (non-hydrogen) atoms. The minimum atomic E-state index is -0.399. The normalized spacial score (nSPS) is 17.6. The van der Waals surface area contributed by atoms with Crippen molar-refractivity contribution in [3.8, 4) is 17.2 Å². The van der Waals surface area contributed by atoms with E-state index in [0.717, 1.165) is 49.0 Å². The van der Waals surface area contributed by atoms with Gasteiger partial charge in [-0.05, 0) is 85.8 Å². The highest BCUT2D eigenvalue weighted by molar-refractivity contribution is 5.57. The molecule has 3 aromatic rings. The Bertz CT molecular complexity index is 1290. The lowest BCUT2D eigenvalue weighted by Gasteiger charge is -2.22. The first kappa shape index (κ1) is 31.3. The van der Waals surface area contributed by atoms with Crippen molar-refractivity contribution in [1.82, 2.24) is 9.80 Å². The minimum absolute atomic E-state index is 0.0449. The number of hydrogen-bond donors (Lipinski definition) is 1. The summed E-state index contributed by atoms with van der Waals surface area (Å²) in [7, 11) is 6.01. The summed E-state index contributed by atoms with van der Waals surface area (Å²) in [5.74, 6) is 1.17. The lowest BCUT2D eigenvalue weighted by Crippen LogP contribution is -2.25. The number of aryl methyl sites for hydroxylation is 2. The SMILES string of the molecule is CCc1cccc(CC)c1NC.CN(C)CCOc1ccc([C@H]2C[C@@H](c3cc(F)c4c(c3)OCO4)CN2CC=O)cc1. The van der Waals surface area contributed by atoms with Crippen LogP contribution >= 0.6 is 0 Å². The van der Waals surface area contributed by atoms with Gasteiger partial charge in [-0.15, -0.1) is 0 Å². The first-order valence-electron chi connectivity index (χ1n) is 14.8. The van der Waals surface area contributed by atoms with Crippen LogP contribution in [0.4, 0.5) is 10.1 Å². The lowest BCUT2D eigenvalue weighted by atomic mass is 9.93. The summed E-state index contributed by atoms with van der Waals surface area (Å²) in [5.41, 5.74) is 6.15. The van der Waals surface area contributed by atoms with Crippen molar-refractivity contribution in [3.05, 3.63) is 82.7 Å². The number of carbonyl (C=O) groups is 1. The first-order valence-corrected chi connectivity index (χ1v) is 14.8. The minimum Gasteiger partial charge on any atom is -0.492 e. The third-order valence-electron chi connectivity index (χ3n) is 7.95. The van der Waals surface area contributed by atoms with E-state index in [1.54, 1.807) is 0 Å². The smallest absolute Gasteiger partial charge is 0.231 e. The number of aldehydes is 1. The van der Waals surface area contributed by atoms with E-state index in [1.165, 1.54) is 22.9 Å². The van der Waals surface area contributed by atoms with Gasteiger partial charge in [-0.3, -0.25) is 4.90 Å². The van der Waals surface area contributed by atoms with E-state index in [0.29, 0.717) is 25.4 Å². The Morgan fingerprint density at radius 1 is 1.05 bits per heavy atom. The van der Waals surface area contributed by atoms with Gasteiger partial charge in [-0.25, -0.2) is 4.39 Å². The zero-order valence-electron chi connectivity index (χ0n) is 25.5. The Morgan fingerprint density at radius 2 is 1.76 bits per heavy atom. The van der Waals surface area contributed by atoms with Gasteiger partial charge >= 0.3 is 0 Å². The summed E-state index contributed by atoms with van der Waals surface area (Å²) in [4.78, 5) is 15.5. The Labute approximate surface area is 249 Å². The molecule has 7 nitrogen and oxygen atoms in total. The summed E-state index contributed by atoms with van der Waals surface area (Å²) in [6, 6.07) is 18.0. The van der Waals surface area contributed by atoms with Crippen LogP contribution in [0, 0.1) is 5.82 Å². The number of ether oxygens (including phenoxy) is 3. The number of hydrogen-bond acceptors (Lipinski definition) is 7. The van der Waals surface area contributed by atoms with Crippen LogP contribution in [-0.2, 0) is 17.6 Å². The van der Waals surface area contributed by atoms with E-state index >= 15 is 0 Å². The van der Waals surface area contributed by atoms with E-state index in [4.69, 9.17) is 14.2 Å². The Morgan fingerprint density at radius 3 is 2.38 bits per heavy atom. The molecule has 0 amide bonds. The maximum atomic E-state index is 14.4. The fraction of sp³-hybridized carbons (Fsp3) is 0.441. The number of likely N-dealkylation sites (tertiary alicyclic amines) is 1. The molecule has 8 heteroatoms. The molecule has 1 saturated heterocycles. The van der Waals surface area contributed by atoms with Crippen molar-refractivity contribution in [2.45, 2.75) is 45.1 Å². The zero-order chi connectivity index (χ0) is 30.1. The highest BCUT2D eigenvalue weighted by Gasteiger charge is 2.35. The second-order valence-electron chi connectivity index (χ2n) is 10.9. The molecule has 0 saturated carbocycles. The molecular formula is C34H44FN3O4. The average Bonchev–Trinajstić information content (AvgIpc) is 3.65. The zero-order valence-corrected chi connectivity index (χ0v) is 25.5. The topological polar surface area (TPSA) is 63.3 Å². The van der Waals surface area contributed by atoms with E-state index < -0.39 is 5.82 Å². The van der Waals surface area contributed by atoms with Crippen LogP contribution in [0.15, 0.2) is 54.6 Å². The molecule has 0 spiro atoms. The van der Waals surface area contributed by atoms with Gasteiger partial charge in [0.15, 0.2) is 11.6 Å². The number of anilines is 1. The van der Waals surface area contributed by atoms with Gasteiger partial charge in [-0.2, -0.15) is 0 Å². The van der Waals surface area contributed by atoms with E-state index in [9.17, 15) is 9.18 Å². The molecule has 2 aliphatic heterocycles. The molecule has 2 heterocycles. The van der Waals surface area contributed by atoms with Crippen molar-refractivity contribution >= 4 is 12.0 Å². The van der Waals surface area contributed by atoms with Crippen LogP contribution in [0.3, 0.4) is 0 Å². The summed E-state index contributed by atoms with van der Waals surface area (Å²) in [5, 5.41) is 3.27. The Kier molecular flexibility index (Phi) is 11.2. The largest absolute Gasteiger partial charge is 0.492 e. The molecule has 1 fully saturated rings. The molecule has 1 N–H and O–H groups in total. The van der Waals surface area contributed by atoms with Gasteiger partial charge < -0.3 is 29.2 Å². The molecular weight excluding hydrogens is 533 g/mol. The number of carbonyl (C=O) groups excluding carboxylic acids is 1. The van der Waals surface area contributed by atoms with Crippen molar-refractivity contribution in [2.75, 3.05) is 59.5 Å². The predicted octanol–water partition coefficient (Wildman–Crippen LogP) is 6.08. The number of nitrogens with zero attached hydrogens (tertiary/aromatic N) is 2. The van der Waals surface area contributed by atoms with E-state index in [2.05, 4.69) is 59.3 Å². The number of para-hydroxylation sites is 1. The van der Waals surface area contributed by atoms with E-state index in [1.807, 2.05) is 39.3 Å². The van der Waals surface area contributed by atoms with Crippen molar-refractivity contribution in [3.63, 3.8) is 0 Å². The fourth-order valence-corrected chi connectivity index (χ4v) is 5.71. The molecule has 0 aliphatic carbocycles. The molecule has 0 aromatic heterocycles. The number of benzene rings is 3. The number of halogens is 1. The summed E-state index contributed by atoms with van der Waals surface area (Å²) in [6.07, 6.45) is 3.93.